The minimum absolute atomic E-state index is 0.0258. The summed E-state index contributed by atoms with van der Waals surface area (Å²) in [4.78, 5) is 150. The molecule has 85 heavy (non-hydrogen) atoms. The van der Waals surface area contributed by atoms with Gasteiger partial charge in [0.1, 0.15) is 54.1 Å². The first-order valence-corrected chi connectivity index (χ1v) is 27.2. The van der Waals surface area contributed by atoms with Crippen LogP contribution in [0.4, 0.5) is 0 Å². The molecule has 3 rings (SSSR count). The maximum atomic E-state index is 14.4. The molecule has 0 unspecified atom stereocenters. The molecule has 0 aliphatic rings. The van der Waals surface area contributed by atoms with Gasteiger partial charge >= 0.3 is 5.97 Å². The largest absolute Gasteiger partial charge is 0.508 e. The van der Waals surface area contributed by atoms with E-state index >= 15 is 0 Å². The van der Waals surface area contributed by atoms with Crippen LogP contribution in [0.3, 0.4) is 0 Å². The summed E-state index contributed by atoms with van der Waals surface area (Å²) in [6.45, 7) is 6.15. The zero-order valence-electron chi connectivity index (χ0n) is 47.9. The van der Waals surface area contributed by atoms with Crippen LogP contribution in [0.1, 0.15) is 83.8 Å². The van der Waals surface area contributed by atoms with E-state index in [1.807, 2.05) is 18.2 Å². The van der Waals surface area contributed by atoms with Crippen molar-refractivity contribution in [1.29, 1.82) is 0 Å². The average molecular weight is 1190 g/mol. The molecular weight excluding hydrogens is 1110 g/mol. The normalized spacial score (nSPS) is 14.1. The predicted molar refractivity (Wildman–Crippen MR) is 315 cm³/mol. The van der Waals surface area contributed by atoms with Crippen LogP contribution >= 0.6 is 0 Å². The standard InChI is InChI=1S/C53H82N20O12/c1-26(2)41(73-48(82)38(23-30-25-65-34-12-6-5-10-32(30)34)71-42(76)27(3)66-44(78)33(54)11-7-19-62-51(56)57)49(83)67-28(4)43(77)70-37(22-29-15-17-31(74)18-16-29)46(80)68-35(13-8-20-63-52(58)59)45(79)72-39(24-40(55)75)47(81)69-36(50(84)85)14-9-21-64-53(60)61/h5-6,10,12,15-18,25-28,33,35-39,41,65,74H,7-9,11,13-14,19-24,54H2,1-4H3,(H2,55,75)(H,66,78)(H,67,83)(H,68,80)(H,69,81)(H,70,77)(H,71,76)(H,72,79)(H,73,82)(H,84,85)(H4,56,57,62)(H4,58,59,63)(H4,60,61,64)/t27-,28-,33-,35-,36-,37-,38-,39-,41-/m0/s1. The highest BCUT2D eigenvalue weighted by Gasteiger charge is 2.35. The number of aliphatic carboxylic acids is 1. The van der Waals surface area contributed by atoms with Gasteiger partial charge in [-0.15, -0.1) is 0 Å². The van der Waals surface area contributed by atoms with Crippen LogP contribution in [0.25, 0.3) is 10.9 Å². The minimum Gasteiger partial charge on any atom is -0.508 e. The Morgan fingerprint density at radius 3 is 1.48 bits per heavy atom. The Morgan fingerprint density at radius 2 is 0.953 bits per heavy atom. The van der Waals surface area contributed by atoms with E-state index in [1.54, 1.807) is 26.1 Å². The van der Waals surface area contributed by atoms with Crippen molar-refractivity contribution in [2.24, 2.45) is 66.8 Å². The smallest absolute Gasteiger partial charge is 0.326 e. The highest BCUT2D eigenvalue weighted by Crippen LogP contribution is 2.20. The number of hydrogen-bond donors (Lipinski definition) is 19. The topological polar surface area (TPSA) is 568 Å². The minimum atomic E-state index is -1.75. The maximum absolute atomic E-state index is 14.4. The van der Waals surface area contributed by atoms with Crippen LogP contribution in [0, 0.1) is 5.92 Å². The summed E-state index contributed by atoms with van der Waals surface area (Å²) in [5, 5.41) is 40.8. The molecule has 32 nitrogen and oxygen atoms in total. The SMILES string of the molecule is CC(C)[C@H](NC(=O)[C@H](Cc1c[nH]c2ccccc12)NC(=O)[C@H](C)NC(=O)[C@@H](N)CCCN=C(N)N)C(=O)N[C@@H](C)C(=O)N[C@@H](Cc1ccc(O)cc1)C(=O)N[C@@H](CCCN=C(N)N)C(=O)N[C@@H](CC(N)=O)C(=O)N[C@@H](CCCN=C(N)N)C(=O)O. The first-order chi connectivity index (χ1) is 40.1. The number of carboxylic acids is 1. The molecule has 0 saturated carbocycles. The molecule has 0 radical (unpaired) electrons. The van der Waals surface area contributed by atoms with E-state index < -0.39 is 126 Å². The number of guanidine groups is 3. The van der Waals surface area contributed by atoms with Gasteiger partial charge in [-0.05, 0) is 87.6 Å². The third-order valence-corrected chi connectivity index (χ3v) is 13.0. The molecule has 0 aliphatic carbocycles. The van der Waals surface area contributed by atoms with Crippen molar-refractivity contribution in [2.75, 3.05) is 19.6 Å². The molecule has 9 atom stereocenters. The number of para-hydroxylation sites is 1. The molecule has 1 aromatic heterocycles. The summed E-state index contributed by atoms with van der Waals surface area (Å²) in [5.74, 6) is -11.0. The number of hydrogen-bond acceptors (Lipinski definition) is 15. The zero-order chi connectivity index (χ0) is 63.5. The number of nitrogens with one attached hydrogen (secondary N) is 9. The number of benzene rings is 2. The number of aliphatic imine (C=N–C) groups is 3. The van der Waals surface area contributed by atoms with Crippen LogP contribution in [0.5, 0.6) is 5.75 Å². The number of aromatic amines is 1. The molecule has 0 saturated heterocycles. The number of fused-ring (bicyclic) bond motifs is 1. The number of phenols is 1. The van der Waals surface area contributed by atoms with Gasteiger partial charge in [-0.1, -0.05) is 44.2 Å². The van der Waals surface area contributed by atoms with Crippen molar-refractivity contribution in [3.63, 3.8) is 0 Å². The molecule has 32 heteroatoms. The van der Waals surface area contributed by atoms with Crippen LogP contribution in [-0.2, 0) is 60.8 Å². The Labute approximate surface area is 490 Å². The van der Waals surface area contributed by atoms with Crippen LogP contribution < -0.4 is 88.4 Å². The van der Waals surface area contributed by atoms with Crippen molar-refractivity contribution >= 4 is 87.9 Å². The highest BCUT2D eigenvalue weighted by atomic mass is 16.4. The van der Waals surface area contributed by atoms with Crippen LogP contribution in [0.15, 0.2) is 69.7 Å². The summed E-state index contributed by atoms with van der Waals surface area (Å²) in [7, 11) is 0. The summed E-state index contributed by atoms with van der Waals surface area (Å²) < 4.78 is 0. The molecule has 1 heterocycles. The number of carbonyl (C=O) groups is 10. The number of aromatic nitrogens is 1. The van der Waals surface area contributed by atoms with Crippen LogP contribution in [-0.4, -0.2) is 166 Å². The van der Waals surface area contributed by atoms with E-state index in [0.29, 0.717) is 17.5 Å². The Hall–Kier alpha value is -9.75. The Morgan fingerprint density at radius 1 is 0.506 bits per heavy atom. The van der Waals surface area contributed by atoms with Gasteiger partial charge in [-0.2, -0.15) is 0 Å². The zero-order valence-corrected chi connectivity index (χ0v) is 47.9. The second-order valence-electron chi connectivity index (χ2n) is 20.4. The lowest BCUT2D eigenvalue weighted by molar-refractivity contribution is -0.142. The first-order valence-electron chi connectivity index (χ1n) is 27.2. The predicted octanol–water partition coefficient (Wildman–Crippen LogP) is -5.32. The fraction of sp³-hybridized carbons (Fsp3) is 0.491. The van der Waals surface area contributed by atoms with E-state index in [0.717, 1.165) is 10.9 Å². The van der Waals surface area contributed by atoms with E-state index in [9.17, 15) is 58.2 Å². The molecule has 9 amide bonds. The molecule has 0 spiro atoms. The number of carboxylic acid groups (broad SMARTS) is 1. The number of carbonyl (C=O) groups excluding carboxylic acids is 9. The number of rotatable bonds is 36. The van der Waals surface area contributed by atoms with Crippen LogP contribution in [0.2, 0.25) is 0 Å². The molecule has 0 fully saturated rings. The Kier molecular flexibility index (Phi) is 28.3. The first kappa shape index (κ1) is 69.5. The van der Waals surface area contributed by atoms with Crippen molar-refractivity contribution in [3.05, 3.63) is 65.9 Å². The molecule has 27 N–H and O–H groups in total. The second-order valence-corrected chi connectivity index (χ2v) is 20.4. The summed E-state index contributed by atoms with van der Waals surface area (Å²) in [6.07, 6.45) is 0.866. The third-order valence-electron chi connectivity index (χ3n) is 13.0. The lowest BCUT2D eigenvalue weighted by Crippen LogP contribution is -2.61. The Balaban J connectivity index is 1.88. The quantitative estimate of drug-likeness (QED) is 0.0147. The summed E-state index contributed by atoms with van der Waals surface area (Å²) in [5.41, 5.74) is 45.6. The van der Waals surface area contributed by atoms with Gasteiger partial charge in [0.05, 0.1) is 12.5 Å². The monoisotopic (exact) mass is 1190 g/mol. The highest BCUT2D eigenvalue weighted by molar-refractivity contribution is 5.99. The van der Waals surface area contributed by atoms with Gasteiger partial charge in [0, 0.05) is 49.6 Å². The molecule has 3 aromatic rings. The fourth-order valence-corrected chi connectivity index (χ4v) is 8.35. The van der Waals surface area contributed by atoms with Gasteiger partial charge < -0.3 is 104 Å². The summed E-state index contributed by atoms with van der Waals surface area (Å²) in [6, 6.07) is 0.165. The van der Waals surface area contributed by atoms with Gasteiger partial charge in [0.15, 0.2) is 17.9 Å². The number of nitrogens with two attached hydrogens (primary N) is 8. The van der Waals surface area contributed by atoms with Crippen molar-refractivity contribution < 1.29 is 58.2 Å². The lowest BCUT2D eigenvalue weighted by Gasteiger charge is -2.28. The van der Waals surface area contributed by atoms with Gasteiger partial charge in [0.2, 0.25) is 53.2 Å². The number of nitrogens with zero attached hydrogens (tertiary/aromatic N) is 3. The van der Waals surface area contributed by atoms with E-state index in [1.165, 1.54) is 38.1 Å². The molecule has 0 aliphatic heterocycles. The number of aromatic hydroxyl groups is 1. The number of primary amides is 1. The molecule has 2 aromatic carbocycles. The third kappa shape index (κ3) is 24.7. The van der Waals surface area contributed by atoms with E-state index in [-0.39, 0.29) is 88.2 Å². The molecular formula is C53H82N20O12. The Bertz CT molecular complexity index is 2880. The summed E-state index contributed by atoms with van der Waals surface area (Å²) >= 11 is 0. The van der Waals surface area contributed by atoms with Gasteiger partial charge in [-0.25, -0.2) is 4.79 Å². The van der Waals surface area contributed by atoms with Crippen molar-refractivity contribution in [1.82, 2.24) is 47.5 Å². The average Bonchev–Trinajstić information content (AvgIpc) is 3.97. The molecule has 0 bridgehead atoms. The van der Waals surface area contributed by atoms with Crippen molar-refractivity contribution in [2.45, 2.75) is 140 Å². The second kappa shape index (κ2) is 34.6. The number of phenolic OH excluding ortho intramolecular Hbond substituents is 1. The lowest BCUT2D eigenvalue weighted by atomic mass is 10.00. The van der Waals surface area contributed by atoms with E-state index in [4.69, 9.17) is 45.9 Å². The van der Waals surface area contributed by atoms with Gasteiger partial charge in [-0.3, -0.25) is 58.1 Å². The number of amides is 9. The van der Waals surface area contributed by atoms with E-state index in [2.05, 4.69) is 62.5 Å². The van der Waals surface area contributed by atoms with Gasteiger partial charge in [0.25, 0.3) is 0 Å². The fourth-order valence-electron chi connectivity index (χ4n) is 8.35. The number of H-pyrrole nitrogens is 1. The van der Waals surface area contributed by atoms with Crippen molar-refractivity contribution in [3.8, 4) is 5.75 Å². The molecule has 466 valence electrons. The maximum Gasteiger partial charge on any atom is 0.326 e.